The van der Waals surface area contributed by atoms with Gasteiger partial charge in [-0.1, -0.05) is 60.8 Å². The zero-order valence-electron chi connectivity index (χ0n) is 10.8. The molecule has 1 nitrogen and oxygen atoms in total. The summed E-state index contributed by atoms with van der Waals surface area (Å²) in [6.45, 7) is 4.76. The summed E-state index contributed by atoms with van der Waals surface area (Å²) in [5, 5.41) is 9.50. The summed E-state index contributed by atoms with van der Waals surface area (Å²) in [6, 6.07) is 8.30. The number of benzene rings is 1. The number of hydrogen-bond donors (Lipinski definition) is 1. The maximum absolute atomic E-state index is 9.50. The molecule has 1 aromatic rings. The molecule has 0 saturated carbocycles. The van der Waals surface area contributed by atoms with Gasteiger partial charge in [0.05, 0.1) is 0 Å². The summed E-state index contributed by atoms with van der Waals surface area (Å²) in [5.41, 5.74) is 1.30. The molecule has 1 N–H and O–H groups in total. The maximum Gasteiger partial charge on any atom is 0.0462 e. The smallest absolute Gasteiger partial charge is 0.0462 e. The first kappa shape index (κ1) is 14.7. The zero-order valence-corrected chi connectivity index (χ0v) is 12.4. The largest absolute Gasteiger partial charge is 0.396 e. The van der Waals surface area contributed by atoms with Gasteiger partial charge in [-0.3, -0.25) is 0 Å². The Hall–Kier alpha value is -0.340. The summed E-state index contributed by atoms with van der Waals surface area (Å²) in [4.78, 5) is 0. The minimum absolute atomic E-state index is 0.290. The third-order valence-corrected chi connectivity index (χ3v) is 4.32. The molecule has 0 aliphatic carbocycles. The van der Waals surface area contributed by atoms with Gasteiger partial charge in [-0.05, 0) is 36.3 Å². The van der Waals surface area contributed by atoms with Gasteiger partial charge in [0.15, 0.2) is 0 Å². The van der Waals surface area contributed by atoms with Crippen LogP contribution in [0.4, 0.5) is 0 Å². The van der Waals surface area contributed by atoms with E-state index in [0.29, 0.717) is 5.92 Å². The molecule has 0 aliphatic heterocycles. The Labute approximate surface area is 113 Å². The van der Waals surface area contributed by atoms with Crippen molar-refractivity contribution in [3.63, 3.8) is 0 Å². The van der Waals surface area contributed by atoms with Crippen LogP contribution in [0.25, 0.3) is 0 Å². The van der Waals surface area contributed by atoms with E-state index in [0.717, 1.165) is 23.2 Å². The van der Waals surface area contributed by atoms with Crippen molar-refractivity contribution in [3.8, 4) is 0 Å². The van der Waals surface area contributed by atoms with Crippen molar-refractivity contribution >= 4 is 15.9 Å². The van der Waals surface area contributed by atoms with E-state index in [9.17, 15) is 5.11 Å². The molecule has 0 fully saturated rings. The molecular formula is C15H23BrO. The fourth-order valence-corrected chi connectivity index (χ4v) is 2.74. The molecule has 0 radical (unpaired) electrons. The first-order valence-electron chi connectivity index (χ1n) is 6.55. The molecule has 0 spiro atoms. The van der Waals surface area contributed by atoms with Crippen molar-refractivity contribution in [2.24, 2.45) is 11.8 Å². The second kappa shape index (κ2) is 7.88. The molecular weight excluding hydrogens is 276 g/mol. The van der Waals surface area contributed by atoms with E-state index >= 15 is 0 Å². The average Bonchev–Trinajstić information content (AvgIpc) is 2.36. The predicted octanol–water partition coefficient (Wildman–Crippen LogP) is 4.43. The lowest BCUT2D eigenvalue weighted by Crippen LogP contribution is -2.15. The Balaban J connectivity index is 2.61. The lowest BCUT2D eigenvalue weighted by molar-refractivity contribution is 0.196. The maximum atomic E-state index is 9.50. The number of halogens is 1. The molecule has 96 valence electrons. The standard InChI is InChI=1S/C15H23BrO/c1-3-12(4-2)9-13(11-17)10-14-7-5-6-8-15(14)16/h5-8,12-13,17H,3-4,9-11H2,1-2H3. The molecule has 17 heavy (non-hydrogen) atoms. The molecule has 2 heteroatoms. The molecule has 0 bridgehead atoms. The highest BCUT2D eigenvalue weighted by atomic mass is 79.9. The van der Waals surface area contributed by atoms with Gasteiger partial charge in [-0.2, -0.15) is 0 Å². The zero-order chi connectivity index (χ0) is 12.7. The van der Waals surface area contributed by atoms with Crippen LogP contribution in [0, 0.1) is 11.8 Å². The van der Waals surface area contributed by atoms with Gasteiger partial charge in [-0.25, -0.2) is 0 Å². The number of rotatable bonds is 7. The first-order valence-corrected chi connectivity index (χ1v) is 7.34. The highest BCUT2D eigenvalue weighted by Crippen LogP contribution is 2.25. The molecule has 1 atom stereocenters. The van der Waals surface area contributed by atoms with Crippen molar-refractivity contribution in [2.45, 2.75) is 39.5 Å². The molecule has 1 rings (SSSR count). The Morgan fingerprint density at radius 2 is 1.76 bits per heavy atom. The van der Waals surface area contributed by atoms with E-state index in [-0.39, 0.29) is 6.61 Å². The van der Waals surface area contributed by atoms with Crippen molar-refractivity contribution in [1.29, 1.82) is 0 Å². The lowest BCUT2D eigenvalue weighted by Gasteiger charge is -2.20. The summed E-state index contributed by atoms with van der Waals surface area (Å²) >= 11 is 3.57. The van der Waals surface area contributed by atoms with Gasteiger partial charge in [0.2, 0.25) is 0 Å². The van der Waals surface area contributed by atoms with Crippen molar-refractivity contribution < 1.29 is 5.11 Å². The second-order valence-corrected chi connectivity index (χ2v) is 5.62. The van der Waals surface area contributed by atoms with Crippen LogP contribution < -0.4 is 0 Å². The first-order chi connectivity index (χ1) is 8.21. The Bertz CT molecular complexity index is 320. The van der Waals surface area contributed by atoms with E-state index < -0.39 is 0 Å². The fourth-order valence-electron chi connectivity index (χ4n) is 2.29. The van der Waals surface area contributed by atoms with Crippen LogP contribution in [0.2, 0.25) is 0 Å². The minimum Gasteiger partial charge on any atom is -0.396 e. The third kappa shape index (κ3) is 4.81. The highest BCUT2D eigenvalue weighted by molar-refractivity contribution is 9.10. The molecule has 1 aromatic carbocycles. The normalized spacial score (nSPS) is 13.0. The SMILES string of the molecule is CCC(CC)CC(CO)Cc1ccccc1Br. The van der Waals surface area contributed by atoms with E-state index in [1.165, 1.54) is 18.4 Å². The monoisotopic (exact) mass is 298 g/mol. The van der Waals surface area contributed by atoms with E-state index in [1.807, 2.05) is 6.07 Å². The van der Waals surface area contributed by atoms with Crippen LogP contribution in [0.5, 0.6) is 0 Å². The predicted molar refractivity (Wildman–Crippen MR) is 77.1 cm³/mol. The van der Waals surface area contributed by atoms with Crippen molar-refractivity contribution in [3.05, 3.63) is 34.3 Å². The summed E-state index contributed by atoms with van der Waals surface area (Å²) in [7, 11) is 0. The topological polar surface area (TPSA) is 20.2 Å². The highest BCUT2D eigenvalue weighted by Gasteiger charge is 2.15. The van der Waals surface area contributed by atoms with Crippen LogP contribution in [-0.4, -0.2) is 11.7 Å². The number of aliphatic hydroxyl groups is 1. The van der Waals surface area contributed by atoms with E-state index in [4.69, 9.17) is 0 Å². The summed E-state index contributed by atoms with van der Waals surface area (Å²) < 4.78 is 1.16. The summed E-state index contributed by atoms with van der Waals surface area (Å²) in [5.74, 6) is 1.13. The van der Waals surface area contributed by atoms with Gasteiger partial charge < -0.3 is 5.11 Å². The van der Waals surface area contributed by atoms with Crippen LogP contribution >= 0.6 is 15.9 Å². The third-order valence-electron chi connectivity index (χ3n) is 3.55. The number of aliphatic hydroxyl groups excluding tert-OH is 1. The molecule has 0 aromatic heterocycles. The fraction of sp³-hybridized carbons (Fsp3) is 0.600. The van der Waals surface area contributed by atoms with Crippen LogP contribution in [0.1, 0.15) is 38.7 Å². The Kier molecular flexibility index (Phi) is 6.83. The number of hydrogen-bond acceptors (Lipinski definition) is 1. The Morgan fingerprint density at radius 3 is 2.29 bits per heavy atom. The van der Waals surface area contributed by atoms with Gasteiger partial charge >= 0.3 is 0 Å². The minimum atomic E-state index is 0.290. The van der Waals surface area contributed by atoms with Crippen LogP contribution in [0.3, 0.4) is 0 Å². The molecule has 1 unspecified atom stereocenters. The van der Waals surface area contributed by atoms with Gasteiger partial charge in [0.1, 0.15) is 0 Å². The van der Waals surface area contributed by atoms with Gasteiger partial charge in [-0.15, -0.1) is 0 Å². The van der Waals surface area contributed by atoms with E-state index in [2.05, 4.69) is 48.0 Å². The van der Waals surface area contributed by atoms with Crippen molar-refractivity contribution in [2.75, 3.05) is 6.61 Å². The quantitative estimate of drug-likeness (QED) is 0.790. The second-order valence-electron chi connectivity index (χ2n) is 4.76. The lowest BCUT2D eigenvalue weighted by atomic mass is 9.87. The van der Waals surface area contributed by atoms with Crippen LogP contribution in [0.15, 0.2) is 28.7 Å². The molecule has 0 heterocycles. The van der Waals surface area contributed by atoms with E-state index in [1.54, 1.807) is 0 Å². The average molecular weight is 299 g/mol. The molecule has 0 amide bonds. The van der Waals surface area contributed by atoms with Crippen molar-refractivity contribution in [1.82, 2.24) is 0 Å². The summed E-state index contributed by atoms with van der Waals surface area (Å²) in [6.07, 6.45) is 4.52. The van der Waals surface area contributed by atoms with Gasteiger partial charge in [0, 0.05) is 11.1 Å². The Morgan fingerprint density at radius 1 is 1.12 bits per heavy atom. The molecule has 0 aliphatic rings. The molecule has 0 saturated heterocycles. The van der Waals surface area contributed by atoms with Gasteiger partial charge in [0.25, 0.3) is 0 Å². The van der Waals surface area contributed by atoms with Crippen LogP contribution in [-0.2, 0) is 6.42 Å².